The van der Waals surface area contributed by atoms with Crippen molar-refractivity contribution in [1.29, 1.82) is 0 Å². The first-order valence-corrected chi connectivity index (χ1v) is 7.52. The van der Waals surface area contributed by atoms with Crippen LogP contribution in [0.5, 0.6) is 0 Å². The van der Waals surface area contributed by atoms with Crippen LogP contribution in [0, 0.1) is 0 Å². The van der Waals surface area contributed by atoms with Crippen LogP contribution >= 0.6 is 24.0 Å². The van der Waals surface area contributed by atoms with Crippen LogP contribution in [0.3, 0.4) is 0 Å². The van der Waals surface area contributed by atoms with Crippen LogP contribution in [0.4, 0.5) is 0 Å². The molecule has 7 nitrogen and oxygen atoms in total. The third-order valence-electron chi connectivity index (χ3n) is 2.98. The van der Waals surface area contributed by atoms with E-state index in [1.807, 2.05) is 0 Å². The first-order chi connectivity index (χ1) is 10.7. The van der Waals surface area contributed by atoms with Crippen molar-refractivity contribution >= 4 is 35.8 Å². The number of oxazole rings is 1. The number of hydrogen-bond acceptors (Lipinski definition) is 4. The molecule has 8 heteroatoms. The number of halogens is 1. The zero-order valence-corrected chi connectivity index (χ0v) is 17.4. The van der Waals surface area contributed by atoms with Gasteiger partial charge < -0.3 is 20.0 Å². The van der Waals surface area contributed by atoms with Crippen molar-refractivity contribution < 1.29 is 9.21 Å². The van der Waals surface area contributed by atoms with Gasteiger partial charge in [-0.05, 0) is 0 Å². The van der Waals surface area contributed by atoms with Crippen LogP contribution in [0.2, 0.25) is 0 Å². The highest BCUT2D eigenvalue weighted by molar-refractivity contribution is 14.0. The van der Waals surface area contributed by atoms with Crippen LogP contribution in [0.15, 0.2) is 28.3 Å². The molecule has 24 heavy (non-hydrogen) atoms. The van der Waals surface area contributed by atoms with Crippen LogP contribution in [0.1, 0.15) is 32.4 Å². The minimum Gasteiger partial charge on any atom is -0.443 e. The van der Waals surface area contributed by atoms with Crippen molar-refractivity contribution in [2.75, 3.05) is 27.2 Å². The highest BCUT2D eigenvalue weighted by Crippen LogP contribution is 2.22. The maximum Gasteiger partial charge on any atom is 0.243 e. The van der Waals surface area contributed by atoms with E-state index in [1.165, 1.54) is 4.90 Å². The molecule has 0 spiro atoms. The quantitative estimate of drug-likeness (QED) is 0.300. The standard InChI is InChI=1S/C16H27N5O2.HI/c1-7-8-17-15(20-11-14(22)21(5)6)19-10-13-18-9-12(23-13)16(2,3)4;/h7,9H,1,8,10-11H2,2-6H3,(H2,17,19,20);1H. The Balaban J connectivity index is 0.00000529. The maximum absolute atomic E-state index is 11.6. The molecular weight excluding hydrogens is 421 g/mol. The molecule has 0 atom stereocenters. The first-order valence-electron chi connectivity index (χ1n) is 7.52. The molecule has 0 radical (unpaired) electrons. The summed E-state index contributed by atoms with van der Waals surface area (Å²) >= 11 is 0. The SMILES string of the molecule is C=CCNC(=NCC(=O)N(C)C)NCc1ncc(C(C)(C)C)o1.I. The lowest BCUT2D eigenvalue weighted by atomic mass is 9.94. The van der Waals surface area contributed by atoms with Crippen LogP contribution in [-0.2, 0) is 16.8 Å². The number of guanidine groups is 1. The molecule has 0 aromatic carbocycles. The normalized spacial score (nSPS) is 11.5. The largest absolute Gasteiger partial charge is 0.443 e. The lowest BCUT2D eigenvalue weighted by Gasteiger charge is -2.13. The van der Waals surface area contributed by atoms with E-state index in [-0.39, 0.29) is 41.8 Å². The van der Waals surface area contributed by atoms with E-state index in [1.54, 1.807) is 26.4 Å². The smallest absolute Gasteiger partial charge is 0.243 e. The molecule has 2 N–H and O–H groups in total. The second kappa shape index (κ2) is 10.3. The van der Waals surface area contributed by atoms with Gasteiger partial charge in [0.15, 0.2) is 5.96 Å². The van der Waals surface area contributed by atoms with Gasteiger partial charge in [0.2, 0.25) is 11.8 Å². The topological polar surface area (TPSA) is 82.8 Å². The molecule has 0 saturated carbocycles. The van der Waals surface area contributed by atoms with E-state index in [0.29, 0.717) is 24.9 Å². The average molecular weight is 449 g/mol. The molecule has 1 aromatic rings. The summed E-state index contributed by atoms with van der Waals surface area (Å²) in [7, 11) is 3.39. The van der Waals surface area contributed by atoms with Crippen molar-refractivity contribution in [2.24, 2.45) is 4.99 Å². The van der Waals surface area contributed by atoms with E-state index < -0.39 is 0 Å². The third kappa shape index (κ3) is 7.80. The molecule has 1 aromatic heterocycles. The highest BCUT2D eigenvalue weighted by atomic mass is 127. The van der Waals surface area contributed by atoms with Crippen molar-refractivity contribution in [3.63, 3.8) is 0 Å². The molecule has 1 amide bonds. The monoisotopic (exact) mass is 449 g/mol. The summed E-state index contributed by atoms with van der Waals surface area (Å²) in [5.41, 5.74) is -0.0820. The fourth-order valence-electron chi connectivity index (χ4n) is 1.53. The van der Waals surface area contributed by atoms with E-state index in [2.05, 4.69) is 48.0 Å². The summed E-state index contributed by atoms with van der Waals surface area (Å²) in [5.74, 6) is 1.84. The molecule has 0 saturated heterocycles. The van der Waals surface area contributed by atoms with Gasteiger partial charge in [-0.1, -0.05) is 26.8 Å². The minimum atomic E-state index is -0.0820. The van der Waals surface area contributed by atoms with Crippen molar-refractivity contribution in [3.05, 3.63) is 30.5 Å². The van der Waals surface area contributed by atoms with Gasteiger partial charge in [0, 0.05) is 26.1 Å². The van der Waals surface area contributed by atoms with Gasteiger partial charge >= 0.3 is 0 Å². The predicted octanol–water partition coefficient (Wildman–Crippen LogP) is 1.90. The number of rotatable bonds is 6. The number of carbonyl (C=O) groups excluding carboxylic acids is 1. The highest BCUT2D eigenvalue weighted by Gasteiger charge is 2.19. The Hall–Kier alpha value is -1.58. The van der Waals surface area contributed by atoms with E-state index in [4.69, 9.17) is 4.42 Å². The summed E-state index contributed by atoms with van der Waals surface area (Å²) < 4.78 is 5.72. The summed E-state index contributed by atoms with van der Waals surface area (Å²) in [5, 5.41) is 6.15. The fourth-order valence-corrected chi connectivity index (χ4v) is 1.53. The van der Waals surface area contributed by atoms with E-state index in [0.717, 1.165) is 5.76 Å². The lowest BCUT2D eigenvalue weighted by molar-refractivity contribution is -0.127. The number of nitrogens with zero attached hydrogens (tertiary/aromatic N) is 3. The number of aliphatic imine (C=N–C) groups is 1. The summed E-state index contributed by atoms with van der Waals surface area (Å²) in [6.07, 6.45) is 3.45. The molecule has 136 valence electrons. The molecule has 0 bridgehead atoms. The first kappa shape index (κ1) is 22.4. The van der Waals surface area contributed by atoms with Crippen LogP contribution < -0.4 is 10.6 Å². The second-order valence-electron chi connectivity index (χ2n) is 6.34. The number of aromatic nitrogens is 1. The van der Waals surface area contributed by atoms with Gasteiger partial charge in [0.25, 0.3) is 0 Å². The Bertz CT molecular complexity index is 561. The Morgan fingerprint density at radius 1 is 1.42 bits per heavy atom. The van der Waals surface area contributed by atoms with Gasteiger partial charge in [0.1, 0.15) is 12.3 Å². The van der Waals surface area contributed by atoms with Gasteiger partial charge in [-0.15, -0.1) is 30.6 Å². The summed E-state index contributed by atoms with van der Waals surface area (Å²) in [6.45, 7) is 10.8. The fraction of sp³-hybridized carbons (Fsp3) is 0.562. The van der Waals surface area contributed by atoms with Crippen LogP contribution in [-0.4, -0.2) is 48.9 Å². The van der Waals surface area contributed by atoms with E-state index in [9.17, 15) is 4.79 Å². The summed E-state index contributed by atoms with van der Waals surface area (Å²) in [4.78, 5) is 21.6. The average Bonchev–Trinajstić information content (AvgIpc) is 2.95. The molecule has 1 rings (SSSR count). The Morgan fingerprint density at radius 3 is 2.58 bits per heavy atom. The van der Waals surface area contributed by atoms with Crippen LogP contribution in [0.25, 0.3) is 0 Å². The van der Waals surface area contributed by atoms with Gasteiger partial charge in [-0.25, -0.2) is 9.98 Å². The number of nitrogens with one attached hydrogen (secondary N) is 2. The number of amides is 1. The van der Waals surface area contributed by atoms with Crippen molar-refractivity contribution in [3.8, 4) is 0 Å². The zero-order valence-electron chi connectivity index (χ0n) is 15.0. The molecule has 0 fully saturated rings. The van der Waals surface area contributed by atoms with Gasteiger partial charge in [-0.3, -0.25) is 4.79 Å². The maximum atomic E-state index is 11.6. The van der Waals surface area contributed by atoms with Gasteiger partial charge in [0.05, 0.1) is 12.7 Å². The van der Waals surface area contributed by atoms with Crippen molar-refractivity contribution in [2.45, 2.75) is 32.7 Å². The zero-order chi connectivity index (χ0) is 17.5. The Labute approximate surface area is 161 Å². The van der Waals surface area contributed by atoms with Gasteiger partial charge in [-0.2, -0.15) is 0 Å². The number of likely N-dealkylation sites (N-methyl/N-ethyl adjacent to an activating group) is 1. The second-order valence-corrected chi connectivity index (χ2v) is 6.34. The molecule has 0 aliphatic carbocycles. The van der Waals surface area contributed by atoms with Crippen molar-refractivity contribution in [1.82, 2.24) is 20.5 Å². The Kier molecular flexibility index (Phi) is 9.64. The predicted molar refractivity (Wildman–Crippen MR) is 107 cm³/mol. The minimum absolute atomic E-state index is 0. The molecule has 1 heterocycles. The van der Waals surface area contributed by atoms with E-state index >= 15 is 0 Å². The number of hydrogen-bond donors (Lipinski definition) is 2. The molecule has 0 aliphatic heterocycles. The molecule has 0 unspecified atom stereocenters. The number of carbonyl (C=O) groups is 1. The molecule has 0 aliphatic rings. The Morgan fingerprint density at radius 2 is 2.08 bits per heavy atom. The lowest BCUT2D eigenvalue weighted by Crippen LogP contribution is -2.38. The molecular formula is C16H28IN5O2. The third-order valence-corrected chi connectivity index (χ3v) is 2.98. The summed E-state index contributed by atoms with van der Waals surface area (Å²) in [6, 6.07) is 0.